The summed E-state index contributed by atoms with van der Waals surface area (Å²) in [6.07, 6.45) is 0.963. The van der Waals surface area contributed by atoms with Gasteiger partial charge in [0.25, 0.3) is 93.9 Å². The number of aliphatic hydroxyl groups excluding tert-OH is 1. The number of hydrogen-bond acceptors (Lipinski definition) is 47. The molecule has 49 nitrogen and oxygen atoms in total. The predicted octanol–water partition coefficient (Wildman–Crippen LogP) is -3.97. The third kappa shape index (κ3) is 59.8. The lowest BCUT2D eigenvalue weighted by atomic mass is 10.1. The molecule has 0 rings (SSSR count). The van der Waals surface area contributed by atoms with Crippen LogP contribution in [0.2, 0.25) is 0 Å². The summed E-state index contributed by atoms with van der Waals surface area (Å²) in [4.78, 5) is 155. The van der Waals surface area contributed by atoms with E-state index in [0.717, 1.165) is 0 Å². The molecule has 0 saturated carbocycles. The van der Waals surface area contributed by atoms with Gasteiger partial charge in [-0.3, -0.25) is 54.8 Å². The molecule has 0 heterocycles. The van der Waals surface area contributed by atoms with Crippen LogP contribution in [0.5, 0.6) is 0 Å². The summed E-state index contributed by atoms with van der Waals surface area (Å²) in [6, 6.07) is 0. The van der Waals surface area contributed by atoms with Gasteiger partial charge in [-0.05, 0) is 26.2 Å². The largest absolute Gasteiger partial charge is 0.756 e. The van der Waals surface area contributed by atoms with Gasteiger partial charge in [0.1, 0.15) is 0 Å². The van der Waals surface area contributed by atoms with E-state index in [-0.39, 0.29) is 32.8 Å². The van der Waals surface area contributed by atoms with Crippen molar-refractivity contribution < 1.29 is 228 Å². The molecule has 0 bridgehead atoms. The summed E-state index contributed by atoms with van der Waals surface area (Å²) >= 11 is 0. The first-order chi connectivity index (χ1) is 43.0. The molecule has 0 amide bonds. The van der Waals surface area contributed by atoms with Crippen molar-refractivity contribution in [2.45, 2.75) is 47.0 Å². The average molecular weight is 1620 g/mol. The number of hydrogen-bond donors (Lipinski definition) is 3. The molecule has 0 saturated heterocycles. The van der Waals surface area contributed by atoms with Gasteiger partial charge in [0.05, 0.1) is 145 Å². The molecular weight excluding hydrogens is 1550 g/mol. The molecule has 0 aromatic carbocycles. The third-order valence-electron chi connectivity index (χ3n) is 9.29. The van der Waals surface area contributed by atoms with Crippen molar-refractivity contribution >= 4 is 93.9 Å². The molecular formula is C33H70O49P12-12. The Morgan fingerprint density at radius 2 is 0.372 bits per heavy atom. The molecule has 15 unspecified atom stereocenters. The third-order valence-corrected chi connectivity index (χ3v) is 20.2. The first-order valence-corrected chi connectivity index (χ1v) is 43.6. The molecule has 0 spiro atoms. The van der Waals surface area contributed by atoms with Crippen LogP contribution in [-0.2, 0) is 154 Å². The SMILES string of the molecule is CCC(CO)COP(=O)([O-])OCCOP(=O)([O-])OCCOP(=O)([O-])OCCOP(=O)([O-])OCCOP(=O)([O-])OCCOP(=O)([O-])OCCOP(=O)([O-])OCCOP(=O)([O-])OCCOP(=O)([O-])OCC(CC)COP(=O)([O-])O.CCOP(=O)([O-])OCC(CC)COP(=O)([O-])O. The van der Waals surface area contributed by atoms with Crippen LogP contribution in [0.25, 0.3) is 0 Å². The minimum atomic E-state index is -5.29. The lowest BCUT2D eigenvalue weighted by Gasteiger charge is -2.27. The first kappa shape index (κ1) is 97.3. The molecule has 0 aliphatic carbocycles. The fourth-order valence-corrected chi connectivity index (χ4v) is 12.6. The fourth-order valence-electron chi connectivity index (χ4n) is 4.77. The monoisotopic (exact) mass is 1620 g/mol. The van der Waals surface area contributed by atoms with Gasteiger partial charge in [-0.15, -0.1) is 0 Å². The van der Waals surface area contributed by atoms with Gasteiger partial charge >= 0.3 is 0 Å². The quantitative estimate of drug-likeness (QED) is 0.0386. The van der Waals surface area contributed by atoms with Crippen LogP contribution in [0.15, 0.2) is 0 Å². The van der Waals surface area contributed by atoms with E-state index in [4.69, 9.17) is 14.9 Å². The molecule has 61 heteroatoms. The maximum absolute atomic E-state index is 11.8. The van der Waals surface area contributed by atoms with E-state index in [1.807, 2.05) is 0 Å². The van der Waals surface area contributed by atoms with Crippen LogP contribution in [0.1, 0.15) is 47.0 Å². The number of phosphoric ester groups is 12. The molecule has 0 aromatic heterocycles. The van der Waals surface area contributed by atoms with Gasteiger partial charge in [0.2, 0.25) is 0 Å². The minimum absolute atomic E-state index is 0.0412. The van der Waals surface area contributed by atoms with Gasteiger partial charge in [-0.1, -0.05) is 20.8 Å². The van der Waals surface area contributed by atoms with Crippen LogP contribution in [0.3, 0.4) is 0 Å². The van der Waals surface area contributed by atoms with Gasteiger partial charge in [0, 0.05) is 24.4 Å². The number of aliphatic hydroxyl groups is 1. The smallest absolute Gasteiger partial charge is 0.268 e. The molecule has 568 valence electrons. The van der Waals surface area contributed by atoms with Crippen molar-refractivity contribution in [3.8, 4) is 0 Å². The molecule has 0 aromatic rings. The Labute approximate surface area is 536 Å². The first-order valence-electron chi connectivity index (χ1n) is 26.0. The van der Waals surface area contributed by atoms with Gasteiger partial charge in [-0.2, -0.15) is 0 Å². The Bertz CT molecular complexity index is 2690. The maximum Gasteiger partial charge on any atom is 0.268 e. The highest BCUT2D eigenvalue weighted by Crippen LogP contribution is 2.47. The van der Waals surface area contributed by atoms with Crippen molar-refractivity contribution in [1.82, 2.24) is 0 Å². The zero-order valence-corrected chi connectivity index (χ0v) is 60.3. The summed E-state index contributed by atoms with van der Waals surface area (Å²) < 4.78 is 233. The molecule has 0 aliphatic heterocycles. The Hall–Kier alpha value is 1.28. The summed E-state index contributed by atoms with van der Waals surface area (Å²) in [5.41, 5.74) is 0. The van der Waals surface area contributed by atoms with Crippen LogP contribution in [-0.4, -0.2) is 167 Å². The zero-order chi connectivity index (χ0) is 72.7. The lowest BCUT2D eigenvalue weighted by Crippen LogP contribution is -2.20. The van der Waals surface area contributed by atoms with Crippen LogP contribution in [0.4, 0.5) is 0 Å². The van der Waals surface area contributed by atoms with Crippen molar-refractivity contribution in [3.63, 3.8) is 0 Å². The van der Waals surface area contributed by atoms with E-state index >= 15 is 0 Å². The predicted molar refractivity (Wildman–Crippen MR) is 281 cm³/mol. The lowest BCUT2D eigenvalue weighted by molar-refractivity contribution is -0.239. The standard InChI is InChI=1S/C26H64O41P10.C7H18O8P2/c1-3-25(21-27)22-66-76(45,46)63-19-17-61-74(41,42)59-15-13-57-72(37,38)55-11-9-53-70(33,34)51-7-5-49-69(31,32)50-6-8-52-71(35,36)54-10-12-56-73(39,40)58-14-16-60-75(43,44)62-18-20-64-77(47,48)67-24-26(4-2)23-65-68(28,29)30;1-3-7(5-14-16(8,9)10)6-15-17(11,12)13-4-2/h25-27H,3-24H2,1-2H3,(H,31,32)(H,33,34)(H,35,36)(H,37,38)(H,39,40)(H,41,42)(H,43,44)(H,45,46)(H,47,48)(H2,28,29,30);7H,3-6H2,1-2H3,(H,11,12)(H2,8,9,10)/p-12. The molecule has 94 heavy (non-hydrogen) atoms. The second-order valence-corrected chi connectivity index (χ2v) is 33.1. The van der Waals surface area contributed by atoms with E-state index in [9.17, 15) is 114 Å². The summed E-state index contributed by atoms with van der Waals surface area (Å²) in [7, 11) is -60.8. The Kier molecular flexibility index (Phi) is 50.0. The Morgan fingerprint density at radius 3 is 0.511 bits per heavy atom. The fraction of sp³-hybridized carbons (Fsp3) is 1.00. The molecule has 0 radical (unpaired) electrons. The van der Waals surface area contributed by atoms with E-state index in [1.54, 1.807) is 13.8 Å². The highest BCUT2D eigenvalue weighted by Gasteiger charge is 2.22. The van der Waals surface area contributed by atoms with Crippen LogP contribution in [0, 0.1) is 17.8 Å². The average Bonchev–Trinajstić information content (AvgIpc) is 1.38. The van der Waals surface area contributed by atoms with Gasteiger partial charge < -0.3 is 173 Å². The normalized spacial score (nSPS) is 21.0. The second-order valence-electron chi connectivity index (χ2n) is 16.6. The summed E-state index contributed by atoms with van der Waals surface area (Å²) in [5.74, 6) is -1.80. The van der Waals surface area contributed by atoms with Crippen molar-refractivity contribution in [2.24, 2.45) is 17.8 Å². The van der Waals surface area contributed by atoms with Gasteiger partial charge in [-0.25, -0.2) is 0 Å². The van der Waals surface area contributed by atoms with Crippen LogP contribution < -0.4 is 58.7 Å². The van der Waals surface area contributed by atoms with E-state index in [1.165, 1.54) is 13.8 Å². The maximum atomic E-state index is 11.8. The molecule has 15 atom stereocenters. The summed E-state index contributed by atoms with van der Waals surface area (Å²) in [5, 5.41) is 9.04. The van der Waals surface area contributed by atoms with E-state index < -0.39 is 237 Å². The molecule has 3 N–H and O–H groups in total. The second kappa shape index (κ2) is 48.3. The topological polar surface area (TPSA) is 745 Å². The van der Waals surface area contributed by atoms with Crippen LogP contribution >= 0.6 is 93.9 Å². The van der Waals surface area contributed by atoms with Gasteiger partial charge in [0.15, 0.2) is 0 Å². The zero-order valence-electron chi connectivity index (χ0n) is 49.6. The highest BCUT2D eigenvalue weighted by atomic mass is 31.2. The number of rotatable bonds is 61. The highest BCUT2D eigenvalue weighted by molar-refractivity contribution is 7.48. The van der Waals surface area contributed by atoms with Crippen molar-refractivity contribution in [1.29, 1.82) is 0 Å². The summed E-state index contributed by atoms with van der Waals surface area (Å²) in [6.45, 7) is -12.2. The molecule has 0 aliphatic rings. The van der Waals surface area contributed by atoms with Crippen molar-refractivity contribution in [2.75, 3.05) is 152 Å². The van der Waals surface area contributed by atoms with E-state index in [2.05, 4.69) is 99.5 Å². The minimum Gasteiger partial charge on any atom is -0.756 e. The van der Waals surface area contributed by atoms with E-state index in [0.29, 0.717) is 12.8 Å². The molecule has 0 fully saturated rings. The Balaban J connectivity index is 0. The van der Waals surface area contributed by atoms with Crippen molar-refractivity contribution in [3.05, 3.63) is 0 Å². The number of phosphoric acid groups is 12. The Morgan fingerprint density at radius 1 is 0.234 bits per heavy atom.